The zero-order valence-electron chi connectivity index (χ0n) is 10.2. The van der Waals surface area contributed by atoms with Gasteiger partial charge in [-0.25, -0.2) is 0 Å². The standard InChI is InChI=1S/C12H19N3O2/c1-8(2)15(6-7-16)10-5-3-4-9(11(10)13)12(14)17/h3-5,8,16H,6-7,13H2,1-2H3,(H2,14,17). The van der Waals surface area contributed by atoms with E-state index in [4.69, 9.17) is 16.6 Å². The van der Waals surface area contributed by atoms with Gasteiger partial charge in [-0.2, -0.15) is 0 Å². The number of benzene rings is 1. The quantitative estimate of drug-likeness (QED) is 0.653. The zero-order valence-corrected chi connectivity index (χ0v) is 10.2. The number of carbonyl (C=O) groups is 1. The molecule has 0 fully saturated rings. The summed E-state index contributed by atoms with van der Waals surface area (Å²) < 4.78 is 0. The van der Waals surface area contributed by atoms with Crippen LogP contribution in [0.15, 0.2) is 18.2 Å². The van der Waals surface area contributed by atoms with Crippen LogP contribution >= 0.6 is 0 Å². The van der Waals surface area contributed by atoms with Crippen LogP contribution in [0.4, 0.5) is 11.4 Å². The Bertz CT molecular complexity index is 405. The summed E-state index contributed by atoms with van der Waals surface area (Å²) in [5, 5.41) is 9.04. The molecule has 0 unspecified atom stereocenters. The van der Waals surface area contributed by atoms with E-state index in [-0.39, 0.29) is 12.6 Å². The number of amides is 1. The number of rotatable bonds is 5. The number of anilines is 2. The third-order valence-electron chi connectivity index (χ3n) is 2.62. The van der Waals surface area contributed by atoms with E-state index in [2.05, 4.69) is 0 Å². The van der Waals surface area contributed by atoms with Crippen LogP contribution in [-0.2, 0) is 0 Å². The van der Waals surface area contributed by atoms with Gasteiger partial charge in [-0.1, -0.05) is 6.07 Å². The highest BCUT2D eigenvalue weighted by atomic mass is 16.3. The van der Waals surface area contributed by atoms with E-state index in [1.54, 1.807) is 12.1 Å². The molecule has 5 N–H and O–H groups in total. The van der Waals surface area contributed by atoms with Gasteiger partial charge in [0.05, 0.1) is 23.5 Å². The van der Waals surface area contributed by atoms with Crippen LogP contribution in [0.25, 0.3) is 0 Å². The van der Waals surface area contributed by atoms with E-state index in [9.17, 15) is 4.79 Å². The monoisotopic (exact) mass is 237 g/mol. The number of aliphatic hydroxyl groups is 1. The Morgan fingerprint density at radius 2 is 2.12 bits per heavy atom. The highest BCUT2D eigenvalue weighted by Crippen LogP contribution is 2.27. The van der Waals surface area contributed by atoms with Gasteiger partial charge in [0.25, 0.3) is 5.91 Å². The van der Waals surface area contributed by atoms with Gasteiger partial charge in [0, 0.05) is 12.6 Å². The normalized spacial score (nSPS) is 10.6. The molecule has 0 aliphatic heterocycles. The van der Waals surface area contributed by atoms with Crippen LogP contribution in [0.1, 0.15) is 24.2 Å². The third kappa shape index (κ3) is 2.88. The molecule has 1 amide bonds. The largest absolute Gasteiger partial charge is 0.396 e. The lowest BCUT2D eigenvalue weighted by molar-refractivity contribution is 0.100. The van der Waals surface area contributed by atoms with Gasteiger partial charge in [0.15, 0.2) is 0 Å². The van der Waals surface area contributed by atoms with Crippen LogP contribution in [0, 0.1) is 0 Å². The molecule has 94 valence electrons. The fourth-order valence-electron chi connectivity index (χ4n) is 1.78. The molecule has 0 saturated carbocycles. The summed E-state index contributed by atoms with van der Waals surface area (Å²) in [4.78, 5) is 13.1. The number of carbonyl (C=O) groups excluding carboxylic acids is 1. The van der Waals surface area contributed by atoms with Crippen molar-refractivity contribution in [3.05, 3.63) is 23.8 Å². The summed E-state index contributed by atoms with van der Waals surface area (Å²) in [7, 11) is 0. The Kier molecular flexibility index (Phi) is 4.34. The molecule has 0 saturated heterocycles. The first-order valence-corrected chi connectivity index (χ1v) is 5.54. The molecule has 17 heavy (non-hydrogen) atoms. The van der Waals surface area contributed by atoms with E-state index in [1.165, 1.54) is 0 Å². The first kappa shape index (κ1) is 13.3. The van der Waals surface area contributed by atoms with Crippen molar-refractivity contribution in [3.8, 4) is 0 Å². The van der Waals surface area contributed by atoms with Crippen molar-refractivity contribution in [2.24, 2.45) is 5.73 Å². The van der Waals surface area contributed by atoms with Crippen LogP contribution in [0.2, 0.25) is 0 Å². The number of hydrogen-bond acceptors (Lipinski definition) is 4. The minimum atomic E-state index is -0.544. The Balaban J connectivity index is 3.20. The SMILES string of the molecule is CC(C)N(CCO)c1cccc(C(N)=O)c1N. The molecule has 0 spiro atoms. The Morgan fingerprint density at radius 3 is 2.59 bits per heavy atom. The predicted molar refractivity (Wildman–Crippen MR) is 68.9 cm³/mol. The van der Waals surface area contributed by atoms with Gasteiger partial charge in [-0.15, -0.1) is 0 Å². The Labute approximate surface area is 101 Å². The zero-order chi connectivity index (χ0) is 13.0. The fraction of sp³-hybridized carbons (Fsp3) is 0.417. The maximum Gasteiger partial charge on any atom is 0.250 e. The van der Waals surface area contributed by atoms with Gasteiger partial charge in [0.1, 0.15) is 0 Å². The van der Waals surface area contributed by atoms with E-state index >= 15 is 0 Å². The van der Waals surface area contributed by atoms with Crippen molar-refractivity contribution in [2.45, 2.75) is 19.9 Å². The van der Waals surface area contributed by atoms with Crippen LogP contribution in [-0.4, -0.2) is 30.2 Å². The van der Waals surface area contributed by atoms with Gasteiger partial charge in [-0.3, -0.25) is 4.79 Å². The summed E-state index contributed by atoms with van der Waals surface area (Å²) >= 11 is 0. The molecule has 5 heteroatoms. The van der Waals surface area contributed by atoms with Gasteiger partial charge >= 0.3 is 0 Å². The average molecular weight is 237 g/mol. The minimum Gasteiger partial charge on any atom is -0.396 e. The molecule has 0 heterocycles. The van der Waals surface area contributed by atoms with Crippen LogP contribution in [0.3, 0.4) is 0 Å². The van der Waals surface area contributed by atoms with E-state index in [0.717, 1.165) is 5.69 Å². The number of para-hydroxylation sites is 1. The maximum atomic E-state index is 11.2. The fourth-order valence-corrected chi connectivity index (χ4v) is 1.78. The topological polar surface area (TPSA) is 92.6 Å². The van der Waals surface area contributed by atoms with E-state index in [0.29, 0.717) is 17.8 Å². The molecule has 5 nitrogen and oxygen atoms in total. The third-order valence-corrected chi connectivity index (χ3v) is 2.62. The summed E-state index contributed by atoms with van der Waals surface area (Å²) in [5.74, 6) is -0.544. The number of primary amides is 1. The summed E-state index contributed by atoms with van der Waals surface area (Å²) in [6.07, 6.45) is 0. The maximum absolute atomic E-state index is 11.2. The van der Waals surface area contributed by atoms with Crippen LogP contribution < -0.4 is 16.4 Å². The molecule has 0 radical (unpaired) electrons. The molecular weight excluding hydrogens is 218 g/mol. The summed E-state index contributed by atoms with van der Waals surface area (Å²) in [5.41, 5.74) is 12.6. The molecule has 1 rings (SSSR count). The highest BCUT2D eigenvalue weighted by Gasteiger charge is 2.16. The first-order chi connectivity index (χ1) is 7.99. The van der Waals surface area contributed by atoms with Crippen molar-refractivity contribution in [3.63, 3.8) is 0 Å². The number of aliphatic hydroxyl groups excluding tert-OH is 1. The lowest BCUT2D eigenvalue weighted by Gasteiger charge is -2.29. The van der Waals surface area contributed by atoms with Crippen LogP contribution in [0.5, 0.6) is 0 Å². The van der Waals surface area contributed by atoms with Crippen molar-refractivity contribution in [1.82, 2.24) is 0 Å². The number of nitrogens with two attached hydrogens (primary N) is 2. The van der Waals surface area contributed by atoms with Gasteiger partial charge < -0.3 is 21.5 Å². The molecule has 0 bridgehead atoms. The molecule has 0 atom stereocenters. The molecule has 1 aromatic rings. The van der Waals surface area contributed by atoms with E-state index in [1.807, 2.05) is 24.8 Å². The summed E-state index contributed by atoms with van der Waals surface area (Å²) in [6, 6.07) is 5.32. The van der Waals surface area contributed by atoms with Crippen molar-refractivity contribution >= 4 is 17.3 Å². The Morgan fingerprint density at radius 1 is 1.47 bits per heavy atom. The first-order valence-electron chi connectivity index (χ1n) is 5.54. The lowest BCUT2D eigenvalue weighted by Crippen LogP contribution is -2.34. The molecular formula is C12H19N3O2. The van der Waals surface area contributed by atoms with Gasteiger partial charge in [0.2, 0.25) is 0 Å². The predicted octanol–water partition coefficient (Wildman–Crippen LogP) is 0.575. The second-order valence-corrected chi connectivity index (χ2v) is 4.11. The van der Waals surface area contributed by atoms with E-state index < -0.39 is 5.91 Å². The van der Waals surface area contributed by atoms with Crippen molar-refractivity contribution in [2.75, 3.05) is 23.8 Å². The minimum absolute atomic E-state index is 0.0262. The van der Waals surface area contributed by atoms with Crippen molar-refractivity contribution in [1.29, 1.82) is 0 Å². The Hall–Kier alpha value is -1.75. The summed E-state index contributed by atoms with van der Waals surface area (Å²) in [6.45, 7) is 4.47. The second kappa shape index (κ2) is 5.54. The highest BCUT2D eigenvalue weighted by molar-refractivity contribution is 6.00. The smallest absolute Gasteiger partial charge is 0.250 e. The lowest BCUT2D eigenvalue weighted by atomic mass is 10.1. The second-order valence-electron chi connectivity index (χ2n) is 4.11. The number of nitrogens with zero attached hydrogens (tertiary/aromatic N) is 1. The van der Waals surface area contributed by atoms with Gasteiger partial charge in [-0.05, 0) is 26.0 Å². The average Bonchev–Trinajstić information content (AvgIpc) is 2.26. The van der Waals surface area contributed by atoms with Crippen molar-refractivity contribution < 1.29 is 9.90 Å². The molecule has 0 aliphatic carbocycles. The number of nitrogen functional groups attached to an aromatic ring is 1. The molecule has 1 aromatic carbocycles. The molecule has 0 aliphatic rings. The molecule has 0 aromatic heterocycles. The number of hydrogen-bond donors (Lipinski definition) is 3.